The molecule has 1 fully saturated rings. The molecule has 1 saturated heterocycles. The fourth-order valence-electron chi connectivity index (χ4n) is 4.12. The van der Waals surface area contributed by atoms with Crippen molar-refractivity contribution in [2.45, 2.75) is 25.8 Å². The molecule has 2 aromatic heterocycles. The second kappa shape index (κ2) is 8.53. The first kappa shape index (κ1) is 20.5. The van der Waals surface area contributed by atoms with Gasteiger partial charge in [-0.1, -0.05) is 6.07 Å². The molecule has 2 N–H and O–H groups in total. The summed E-state index contributed by atoms with van der Waals surface area (Å²) in [6.07, 6.45) is 3.61. The maximum absolute atomic E-state index is 14.8. The first-order valence-corrected chi connectivity index (χ1v) is 9.93. The minimum Gasteiger partial charge on any atom is -0.355 e. The highest BCUT2D eigenvalue weighted by Gasteiger charge is 2.27. The summed E-state index contributed by atoms with van der Waals surface area (Å²) in [6, 6.07) is 7.37. The van der Waals surface area contributed by atoms with Gasteiger partial charge in [0, 0.05) is 25.6 Å². The fraction of sp³-hybridized carbons (Fsp3) is 0.400. The molecule has 0 atom stereocenters. The van der Waals surface area contributed by atoms with Crippen LogP contribution in [0.5, 0.6) is 0 Å². The molecule has 0 unspecified atom stereocenters. The van der Waals surface area contributed by atoms with Gasteiger partial charge in [-0.2, -0.15) is 4.52 Å². The van der Waals surface area contributed by atoms with Gasteiger partial charge in [-0.25, -0.2) is 4.39 Å². The molecule has 2 aliphatic rings. The van der Waals surface area contributed by atoms with Crippen LogP contribution in [0.25, 0.3) is 5.65 Å². The highest BCUT2D eigenvalue weighted by molar-refractivity contribution is 5.93. The topological polar surface area (TPSA) is 87.5 Å². The monoisotopic (exact) mass is 431 g/mol. The van der Waals surface area contributed by atoms with Gasteiger partial charge in [-0.05, 0) is 55.1 Å². The van der Waals surface area contributed by atoms with E-state index in [-0.39, 0.29) is 35.7 Å². The van der Waals surface area contributed by atoms with Crippen molar-refractivity contribution in [2.24, 2.45) is 5.92 Å². The Bertz CT molecular complexity index is 1060. The summed E-state index contributed by atoms with van der Waals surface area (Å²) >= 11 is 0. The van der Waals surface area contributed by atoms with E-state index in [9.17, 15) is 9.18 Å². The second-order valence-corrected chi connectivity index (χ2v) is 7.57. The lowest BCUT2D eigenvalue weighted by Crippen LogP contribution is -2.39. The number of halogens is 2. The number of aromatic nitrogens is 4. The van der Waals surface area contributed by atoms with Crippen molar-refractivity contribution >= 4 is 35.5 Å². The number of nitrogens with zero attached hydrogens (tertiary/aromatic N) is 5. The SMILES string of the molecule is Cl.O=C(Nc1ccc2c(c1F)CCNC2)C1CCN(c2ccc3nncn3n2)CC1. The van der Waals surface area contributed by atoms with Gasteiger partial charge < -0.3 is 15.5 Å². The highest BCUT2D eigenvalue weighted by Crippen LogP contribution is 2.27. The third-order valence-corrected chi connectivity index (χ3v) is 5.80. The summed E-state index contributed by atoms with van der Waals surface area (Å²) in [6.45, 7) is 2.87. The van der Waals surface area contributed by atoms with E-state index in [1.807, 2.05) is 18.2 Å². The van der Waals surface area contributed by atoms with E-state index >= 15 is 0 Å². The van der Waals surface area contributed by atoms with Crippen molar-refractivity contribution < 1.29 is 9.18 Å². The van der Waals surface area contributed by atoms with Crippen LogP contribution in [0.3, 0.4) is 0 Å². The molecule has 0 aliphatic carbocycles. The molecule has 30 heavy (non-hydrogen) atoms. The molecule has 0 spiro atoms. The van der Waals surface area contributed by atoms with Crippen LogP contribution in [0.15, 0.2) is 30.6 Å². The number of hydrogen-bond donors (Lipinski definition) is 2. The van der Waals surface area contributed by atoms with Crippen molar-refractivity contribution in [2.75, 3.05) is 29.9 Å². The Morgan fingerprint density at radius 1 is 1.20 bits per heavy atom. The molecule has 4 heterocycles. The fourth-order valence-corrected chi connectivity index (χ4v) is 4.12. The van der Waals surface area contributed by atoms with Crippen LogP contribution in [0, 0.1) is 11.7 Å². The smallest absolute Gasteiger partial charge is 0.227 e. The molecule has 3 aromatic rings. The standard InChI is InChI=1S/C20H22FN7O.ClH/c21-19-15-5-8-22-11-14(15)1-2-16(19)24-20(29)13-6-9-27(10-7-13)18-4-3-17-25-23-12-28(17)26-18;/h1-4,12-13,22H,5-11H2,(H,24,29);1H. The molecule has 1 aromatic carbocycles. The van der Waals surface area contributed by atoms with E-state index in [1.165, 1.54) is 0 Å². The van der Waals surface area contributed by atoms with E-state index in [0.29, 0.717) is 37.0 Å². The zero-order chi connectivity index (χ0) is 19.8. The number of anilines is 2. The Morgan fingerprint density at radius 3 is 2.87 bits per heavy atom. The lowest BCUT2D eigenvalue weighted by molar-refractivity contribution is -0.120. The molecule has 5 rings (SSSR count). The summed E-state index contributed by atoms with van der Waals surface area (Å²) in [5, 5.41) is 18.4. The van der Waals surface area contributed by atoms with E-state index in [4.69, 9.17) is 0 Å². The lowest BCUT2D eigenvalue weighted by atomic mass is 9.95. The lowest BCUT2D eigenvalue weighted by Gasteiger charge is -2.32. The number of rotatable bonds is 3. The Balaban J connectivity index is 0.00000218. The molecular weight excluding hydrogens is 409 g/mol. The van der Waals surface area contributed by atoms with E-state index < -0.39 is 0 Å². The Labute approximate surface area is 179 Å². The molecule has 2 aliphatic heterocycles. The summed E-state index contributed by atoms with van der Waals surface area (Å²) in [4.78, 5) is 14.9. The van der Waals surface area contributed by atoms with Gasteiger partial charge in [0.25, 0.3) is 0 Å². The maximum atomic E-state index is 14.8. The quantitative estimate of drug-likeness (QED) is 0.661. The zero-order valence-corrected chi connectivity index (χ0v) is 17.2. The number of hydrogen-bond acceptors (Lipinski definition) is 6. The Hall–Kier alpha value is -2.78. The van der Waals surface area contributed by atoms with Crippen LogP contribution >= 0.6 is 12.4 Å². The predicted octanol–water partition coefficient (Wildman–Crippen LogP) is 2.19. The normalized spacial score (nSPS) is 16.8. The summed E-state index contributed by atoms with van der Waals surface area (Å²) in [5.74, 6) is 0.299. The average molecular weight is 432 g/mol. The molecule has 8 nitrogen and oxygen atoms in total. The van der Waals surface area contributed by atoms with Crippen molar-refractivity contribution in [1.82, 2.24) is 25.1 Å². The van der Waals surface area contributed by atoms with E-state index in [1.54, 1.807) is 16.9 Å². The Morgan fingerprint density at radius 2 is 2.03 bits per heavy atom. The van der Waals surface area contributed by atoms with Crippen LogP contribution in [0.2, 0.25) is 0 Å². The number of amides is 1. The zero-order valence-electron chi connectivity index (χ0n) is 16.3. The van der Waals surface area contributed by atoms with Gasteiger partial charge in [-0.15, -0.1) is 27.7 Å². The van der Waals surface area contributed by atoms with Crippen LogP contribution in [-0.4, -0.2) is 45.4 Å². The van der Waals surface area contributed by atoms with E-state index in [0.717, 1.165) is 31.0 Å². The molecule has 0 saturated carbocycles. The number of piperidine rings is 1. The molecule has 0 bridgehead atoms. The number of benzene rings is 1. The third kappa shape index (κ3) is 3.82. The van der Waals surface area contributed by atoms with E-state index in [2.05, 4.69) is 30.8 Å². The summed E-state index contributed by atoms with van der Waals surface area (Å²) in [5.41, 5.74) is 2.67. The second-order valence-electron chi connectivity index (χ2n) is 7.57. The first-order valence-electron chi connectivity index (χ1n) is 9.93. The number of fused-ring (bicyclic) bond motifs is 2. The molecule has 158 valence electrons. The molecule has 0 radical (unpaired) electrons. The average Bonchev–Trinajstić information content (AvgIpc) is 3.24. The maximum Gasteiger partial charge on any atom is 0.227 e. The van der Waals surface area contributed by atoms with Crippen LogP contribution < -0.4 is 15.5 Å². The minimum absolute atomic E-state index is 0. The highest BCUT2D eigenvalue weighted by atomic mass is 35.5. The van der Waals surface area contributed by atoms with Crippen molar-refractivity contribution in [1.29, 1.82) is 0 Å². The van der Waals surface area contributed by atoms with Gasteiger partial charge in [0.15, 0.2) is 5.65 Å². The predicted molar refractivity (Wildman–Crippen MR) is 113 cm³/mol. The number of carbonyl (C=O) groups excluding carboxylic acids is 1. The molecule has 10 heteroatoms. The van der Waals surface area contributed by atoms with Crippen LogP contribution in [-0.2, 0) is 17.8 Å². The van der Waals surface area contributed by atoms with Crippen molar-refractivity contribution in [3.63, 3.8) is 0 Å². The molecular formula is C20H23ClFN7O. The minimum atomic E-state index is -0.291. The first-order chi connectivity index (χ1) is 14.2. The number of nitrogens with one attached hydrogen (secondary N) is 2. The van der Waals surface area contributed by atoms with Crippen LogP contribution in [0.1, 0.15) is 24.0 Å². The van der Waals surface area contributed by atoms with Gasteiger partial charge in [-0.3, -0.25) is 4.79 Å². The van der Waals surface area contributed by atoms with Gasteiger partial charge in [0.1, 0.15) is 18.0 Å². The van der Waals surface area contributed by atoms with Gasteiger partial charge in [0.2, 0.25) is 5.91 Å². The van der Waals surface area contributed by atoms with Crippen LogP contribution in [0.4, 0.5) is 15.9 Å². The summed E-state index contributed by atoms with van der Waals surface area (Å²) < 4.78 is 16.4. The van der Waals surface area contributed by atoms with Gasteiger partial charge in [0.05, 0.1) is 5.69 Å². The van der Waals surface area contributed by atoms with Gasteiger partial charge >= 0.3 is 0 Å². The molecule has 1 amide bonds. The Kier molecular flexibility index (Phi) is 5.83. The van der Waals surface area contributed by atoms with Crippen molar-refractivity contribution in [3.8, 4) is 0 Å². The number of carbonyl (C=O) groups is 1. The van der Waals surface area contributed by atoms with Crippen molar-refractivity contribution in [3.05, 3.63) is 47.5 Å². The third-order valence-electron chi connectivity index (χ3n) is 5.80. The summed E-state index contributed by atoms with van der Waals surface area (Å²) in [7, 11) is 0. The largest absolute Gasteiger partial charge is 0.355 e.